The molecular weight excluding hydrogens is 264 g/mol. The zero-order valence-electron chi connectivity index (χ0n) is 12.1. The van der Waals surface area contributed by atoms with E-state index in [2.05, 4.69) is 17.6 Å². The van der Waals surface area contributed by atoms with E-state index in [4.69, 9.17) is 0 Å². The van der Waals surface area contributed by atoms with Crippen LogP contribution in [0.15, 0.2) is 48.5 Å². The first-order chi connectivity index (χ1) is 10.1. The summed E-state index contributed by atoms with van der Waals surface area (Å²) in [5.41, 5.74) is 3.03. The number of rotatable bonds is 4. The van der Waals surface area contributed by atoms with Crippen LogP contribution in [-0.2, 0) is 6.42 Å². The van der Waals surface area contributed by atoms with Gasteiger partial charge in [-0.1, -0.05) is 19.1 Å². The fraction of sp³-hybridized carbons (Fsp3) is 0.176. The molecular formula is C17H18N2O2. The molecule has 0 heterocycles. The molecule has 0 spiro atoms. The van der Waals surface area contributed by atoms with E-state index in [1.54, 1.807) is 31.3 Å². The summed E-state index contributed by atoms with van der Waals surface area (Å²) in [6.07, 6.45) is 0.947. The number of carbonyl (C=O) groups excluding carboxylic acids is 2. The van der Waals surface area contributed by atoms with Crippen molar-refractivity contribution < 1.29 is 9.59 Å². The summed E-state index contributed by atoms with van der Waals surface area (Å²) in [5, 5.41) is 5.36. The second-order valence-corrected chi connectivity index (χ2v) is 4.66. The van der Waals surface area contributed by atoms with Crippen LogP contribution in [0, 0.1) is 0 Å². The van der Waals surface area contributed by atoms with E-state index < -0.39 is 0 Å². The highest BCUT2D eigenvalue weighted by molar-refractivity contribution is 6.04. The van der Waals surface area contributed by atoms with E-state index in [1.807, 2.05) is 24.3 Å². The standard InChI is InChI=1S/C17H18N2O2/c1-3-12-4-6-14(7-5-12)17(21)19-15-10-8-13(9-11-15)16(20)18-2/h4-11H,3H2,1-2H3,(H,18,20)(H,19,21). The molecule has 0 aromatic heterocycles. The minimum atomic E-state index is -0.162. The van der Waals surface area contributed by atoms with Gasteiger partial charge in [0.25, 0.3) is 11.8 Å². The highest BCUT2D eigenvalue weighted by Crippen LogP contribution is 2.12. The molecule has 0 aliphatic heterocycles. The molecule has 2 amide bonds. The zero-order valence-corrected chi connectivity index (χ0v) is 12.1. The SMILES string of the molecule is CCc1ccc(C(=O)Nc2ccc(C(=O)NC)cc2)cc1. The molecule has 0 saturated carbocycles. The predicted molar refractivity (Wildman–Crippen MR) is 83.6 cm³/mol. The van der Waals surface area contributed by atoms with Crippen molar-refractivity contribution in [2.75, 3.05) is 12.4 Å². The van der Waals surface area contributed by atoms with Gasteiger partial charge >= 0.3 is 0 Å². The number of nitrogens with one attached hydrogen (secondary N) is 2. The van der Waals surface area contributed by atoms with Crippen LogP contribution < -0.4 is 10.6 Å². The van der Waals surface area contributed by atoms with Crippen molar-refractivity contribution in [2.45, 2.75) is 13.3 Å². The summed E-state index contributed by atoms with van der Waals surface area (Å²) in [6.45, 7) is 2.07. The molecule has 0 aliphatic carbocycles. The fourth-order valence-electron chi connectivity index (χ4n) is 1.94. The van der Waals surface area contributed by atoms with Gasteiger partial charge in [0.15, 0.2) is 0 Å². The van der Waals surface area contributed by atoms with Gasteiger partial charge in [-0.05, 0) is 48.4 Å². The van der Waals surface area contributed by atoms with E-state index in [1.165, 1.54) is 5.56 Å². The Morgan fingerprint density at radius 3 is 1.90 bits per heavy atom. The maximum absolute atomic E-state index is 12.1. The Morgan fingerprint density at radius 2 is 1.38 bits per heavy atom. The monoisotopic (exact) mass is 282 g/mol. The molecule has 4 nitrogen and oxygen atoms in total. The molecule has 2 aromatic carbocycles. The van der Waals surface area contributed by atoms with Crippen LogP contribution in [0.3, 0.4) is 0 Å². The van der Waals surface area contributed by atoms with Crippen molar-refractivity contribution in [2.24, 2.45) is 0 Å². The Bertz CT molecular complexity index is 631. The van der Waals surface area contributed by atoms with Gasteiger partial charge in [-0.3, -0.25) is 9.59 Å². The average molecular weight is 282 g/mol. The molecule has 108 valence electrons. The van der Waals surface area contributed by atoms with Crippen molar-refractivity contribution in [1.29, 1.82) is 0 Å². The summed E-state index contributed by atoms with van der Waals surface area (Å²) in [5.74, 6) is -0.312. The number of amides is 2. The largest absolute Gasteiger partial charge is 0.355 e. The van der Waals surface area contributed by atoms with Crippen LogP contribution in [0.1, 0.15) is 33.2 Å². The van der Waals surface area contributed by atoms with Crippen LogP contribution in [0.4, 0.5) is 5.69 Å². The van der Waals surface area contributed by atoms with Gasteiger partial charge < -0.3 is 10.6 Å². The number of benzene rings is 2. The molecule has 0 aliphatic rings. The highest BCUT2D eigenvalue weighted by Gasteiger charge is 2.07. The van der Waals surface area contributed by atoms with Gasteiger partial charge in [-0.2, -0.15) is 0 Å². The highest BCUT2D eigenvalue weighted by atomic mass is 16.2. The first-order valence-electron chi connectivity index (χ1n) is 6.86. The second-order valence-electron chi connectivity index (χ2n) is 4.66. The van der Waals surface area contributed by atoms with Crippen LogP contribution in [0.2, 0.25) is 0 Å². The van der Waals surface area contributed by atoms with E-state index in [9.17, 15) is 9.59 Å². The van der Waals surface area contributed by atoms with Crippen molar-refractivity contribution in [3.8, 4) is 0 Å². The third kappa shape index (κ3) is 3.69. The first-order valence-corrected chi connectivity index (χ1v) is 6.86. The number of aryl methyl sites for hydroxylation is 1. The predicted octanol–water partition coefficient (Wildman–Crippen LogP) is 2.86. The number of carbonyl (C=O) groups is 2. The lowest BCUT2D eigenvalue weighted by Crippen LogP contribution is -2.17. The molecule has 0 fully saturated rings. The topological polar surface area (TPSA) is 58.2 Å². The molecule has 2 N–H and O–H groups in total. The second kappa shape index (κ2) is 6.70. The molecule has 0 unspecified atom stereocenters. The molecule has 21 heavy (non-hydrogen) atoms. The van der Waals surface area contributed by atoms with Crippen LogP contribution in [0.5, 0.6) is 0 Å². The van der Waals surface area contributed by atoms with Gasteiger partial charge in [-0.15, -0.1) is 0 Å². The van der Waals surface area contributed by atoms with Crippen molar-refractivity contribution >= 4 is 17.5 Å². The average Bonchev–Trinajstić information content (AvgIpc) is 2.55. The minimum Gasteiger partial charge on any atom is -0.355 e. The Hall–Kier alpha value is -2.62. The van der Waals surface area contributed by atoms with E-state index in [0.29, 0.717) is 16.8 Å². The third-order valence-corrected chi connectivity index (χ3v) is 3.26. The smallest absolute Gasteiger partial charge is 0.255 e. The summed E-state index contributed by atoms with van der Waals surface area (Å²) in [7, 11) is 1.58. The molecule has 4 heteroatoms. The minimum absolute atomic E-state index is 0.150. The first kappa shape index (κ1) is 14.8. The Morgan fingerprint density at radius 1 is 0.857 bits per heavy atom. The summed E-state index contributed by atoms with van der Waals surface area (Å²) < 4.78 is 0. The quantitative estimate of drug-likeness (QED) is 0.906. The number of hydrogen-bond acceptors (Lipinski definition) is 2. The summed E-state index contributed by atoms with van der Waals surface area (Å²) in [6, 6.07) is 14.3. The summed E-state index contributed by atoms with van der Waals surface area (Å²) in [4.78, 5) is 23.5. The van der Waals surface area contributed by atoms with E-state index in [0.717, 1.165) is 6.42 Å². The summed E-state index contributed by atoms with van der Waals surface area (Å²) >= 11 is 0. The van der Waals surface area contributed by atoms with Crippen LogP contribution >= 0.6 is 0 Å². The van der Waals surface area contributed by atoms with Crippen LogP contribution in [0.25, 0.3) is 0 Å². The maximum Gasteiger partial charge on any atom is 0.255 e. The molecule has 0 radical (unpaired) electrons. The maximum atomic E-state index is 12.1. The molecule has 0 saturated heterocycles. The molecule has 2 aromatic rings. The number of anilines is 1. The lowest BCUT2D eigenvalue weighted by atomic mass is 10.1. The van der Waals surface area contributed by atoms with Gasteiger partial charge in [0.1, 0.15) is 0 Å². The molecule has 0 bridgehead atoms. The van der Waals surface area contributed by atoms with E-state index in [-0.39, 0.29) is 11.8 Å². The Labute approximate surface area is 124 Å². The van der Waals surface area contributed by atoms with Crippen molar-refractivity contribution in [1.82, 2.24) is 5.32 Å². The van der Waals surface area contributed by atoms with Crippen LogP contribution in [-0.4, -0.2) is 18.9 Å². The van der Waals surface area contributed by atoms with Crippen molar-refractivity contribution in [3.05, 3.63) is 65.2 Å². The lowest BCUT2D eigenvalue weighted by molar-refractivity contribution is 0.0962. The lowest BCUT2D eigenvalue weighted by Gasteiger charge is -2.07. The van der Waals surface area contributed by atoms with Gasteiger partial charge in [0, 0.05) is 23.9 Å². The molecule has 0 atom stereocenters. The number of hydrogen-bond donors (Lipinski definition) is 2. The molecule has 2 rings (SSSR count). The van der Waals surface area contributed by atoms with E-state index >= 15 is 0 Å². The van der Waals surface area contributed by atoms with Gasteiger partial charge in [0.05, 0.1) is 0 Å². The van der Waals surface area contributed by atoms with Crippen molar-refractivity contribution in [3.63, 3.8) is 0 Å². The van der Waals surface area contributed by atoms with Gasteiger partial charge in [-0.25, -0.2) is 0 Å². The Balaban J connectivity index is 2.06. The Kier molecular flexibility index (Phi) is 4.72. The third-order valence-electron chi connectivity index (χ3n) is 3.26. The normalized spacial score (nSPS) is 10.0. The fourth-order valence-corrected chi connectivity index (χ4v) is 1.94. The zero-order chi connectivity index (χ0) is 15.2. The van der Waals surface area contributed by atoms with Gasteiger partial charge in [0.2, 0.25) is 0 Å².